The van der Waals surface area contributed by atoms with Gasteiger partial charge >= 0.3 is 5.97 Å². The van der Waals surface area contributed by atoms with Crippen molar-refractivity contribution in [3.63, 3.8) is 0 Å². The SMILES string of the molecule is C[C@]12CC[C@@H]3[C@]4(CC[C@@]5(O)C[C@@H](O)CC[C@@]35CO4)[C@H]1CC[C@H]2C(=O)O. The lowest BCUT2D eigenvalue weighted by atomic mass is 9.42. The van der Waals surface area contributed by atoms with Crippen LogP contribution in [0.3, 0.4) is 0 Å². The summed E-state index contributed by atoms with van der Waals surface area (Å²) in [5.41, 5.74) is -1.47. The van der Waals surface area contributed by atoms with Gasteiger partial charge in [0.25, 0.3) is 0 Å². The van der Waals surface area contributed by atoms with E-state index in [9.17, 15) is 20.1 Å². The molecule has 8 atom stereocenters. The Hall–Kier alpha value is -0.650. The Morgan fingerprint density at radius 3 is 2.60 bits per heavy atom. The highest BCUT2D eigenvalue weighted by Crippen LogP contribution is 2.74. The second-order valence-corrected chi connectivity index (χ2v) is 9.95. The van der Waals surface area contributed by atoms with Crippen molar-refractivity contribution in [2.45, 2.75) is 82.0 Å². The Balaban J connectivity index is 1.56. The van der Waals surface area contributed by atoms with Crippen LogP contribution in [0.15, 0.2) is 0 Å². The quantitative estimate of drug-likeness (QED) is 0.676. The van der Waals surface area contributed by atoms with Crippen molar-refractivity contribution in [1.82, 2.24) is 0 Å². The molecule has 4 saturated carbocycles. The molecule has 4 aliphatic carbocycles. The van der Waals surface area contributed by atoms with Gasteiger partial charge in [-0.05, 0) is 68.6 Å². The summed E-state index contributed by atoms with van der Waals surface area (Å²) in [5.74, 6) is -0.310. The van der Waals surface area contributed by atoms with E-state index in [1.54, 1.807) is 0 Å². The van der Waals surface area contributed by atoms with Gasteiger partial charge in [0, 0.05) is 11.8 Å². The molecule has 140 valence electrons. The minimum atomic E-state index is -0.812. The number of carbonyl (C=O) groups is 1. The van der Waals surface area contributed by atoms with Gasteiger partial charge in [0.05, 0.1) is 29.8 Å². The second-order valence-electron chi connectivity index (χ2n) is 9.95. The molecule has 0 aromatic heterocycles. The van der Waals surface area contributed by atoms with Crippen LogP contribution in [-0.2, 0) is 9.53 Å². The largest absolute Gasteiger partial charge is 0.481 e. The summed E-state index contributed by atoms with van der Waals surface area (Å²) in [6.45, 7) is 2.76. The maximum Gasteiger partial charge on any atom is 0.307 e. The van der Waals surface area contributed by atoms with Gasteiger partial charge in [-0.1, -0.05) is 6.92 Å². The summed E-state index contributed by atoms with van der Waals surface area (Å²) in [7, 11) is 0. The van der Waals surface area contributed by atoms with Crippen molar-refractivity contribution in [1.29, 1.82) is 0 Å². The highest BCUT2D eigenvalue weighted by atomic mass is 16.5. The van der Waals surface area contributed by atoms with Gasteiger partial charge in [0.2, 0.25) is 0 Å². The number of carboxylic acids is 1. The monoisotopic (exact) mass is 350 g/mol. The van der Waals surface area contributed by atoms with E-state index >= 15 is 0 Å². The first-order valence-electron chi connectivity index (χ1n) is 10.0. The molecule has 2 bridgehead atoms. The lowest BCUT2D eigenvalue weighted by molar-refractivity contribution is -0.216. The van der Waals surface area contributed by atoms with Gasteiger partial charge in [-0.25, -0.2) is 0 Å². The van der Waals surface area contributed by atoms with Gasteiger partial charge in [0.1, 0.15) is 0 Å². The van der Waals surface area contributed by atoms with Crippen molar-refractivity contribution in [3.8, 4) is 0 Å². The number of ether oxygens (including phenoxy) is 1. The number of hydrogen-bond acceptors (Lipinski definition) is 4. The van der Waals surface area contributed by atoms with Crippen LogP contribution < -0.4 is 0 Å². The molecule has 25 heavy (non-hydrogen) atoms. The molecule has 0 aromatic rings. The fraction of sp³-hybridized carbons (Fsp3) is 0.950. The van der Waals surface area contributed by atoms with Crippen LogP contribution >= 0.6 is 0 Å². The van der Waals surface area contributed by atoms with Gasteiger partial charge in [-0.15, -0.1) is 0 Å². The molecule has 0 aromatic carbocycles. The Kier molecular flexibility index (Phi) is 3.16. The maximum atomic E-state index is 11.8. The van der Waals surface area contributed by atoms with E-state index in [0.717, 1.165) is 44.9 Å². The number of aliphatic hydroxyl groups is 2. The zero-order valence-electron chi connectivity index (χ0n) is 15.0. The Morgan fingerprint density at radius 1 is 1.04 bits per heavy atom. The number of aliphatic hydroxyl groups excluding tert-OH is 1. The maximum absolute atomic E-state index is 11.8. The Labute approximate surface area is 148 Å². The fourth-order valence-corrected chi connectivity index (χ4v) is 8.27. The first-order valence-corrected chi connectivity index (χ1v) is 10.0. The molecule has 1 heterocycles. The first kappa shape index (κ1) is 16.5. The van der Waals surface area contributed by atoms with E-state index in [4.69, 9.17) is 4.74 Å². The minimum Gasteiger partial charge on any atom is -0.481 e. The van der Waals surface area contributed by atoms with Crippen molar-refractivity contribution < 1.29 is 24.9 Å². The highest BCUT2D eigenvalue weighted by Gasteiger charge is 2.76. The first-order chi connectivity index (χ1) is 11.8. The number of aliphatic carboxylic acids is 1. The summed E-state index contributed by atoms with van der Waals surface area (Å²) >= 11 is 0. The normalized spacial score (nSPS) is 59.8. The lowest BCUT2D eigenvalue weighted by Crippen LogP contribution is -2.66. The molecular weight excluding hydrogens is 320 g/mol. The molecule has 5 aliphatic rings. The van der Waals surface area contributed by atoms with Crippen molar-refractivity contribution in [3.05, 3.63) is 0 Å². The zero-order chi connectivity index (χ0) is 17.7. The van der Waals surface area contributed by atoms with Crippen molar-refractivity contribution in [2.24, 2.45) is 28.6 Å². The molecule has 5 rings (SSSR count). The van der Waals surface area contributed by atoms with Gasteiger partial charge < -0.3 is 20.1 Å². The van der Waals surface area contributed by atoms with E-state index in [0.29, 0.717) is 25.4 Å². The van der Waals surface area contributed by atoms with Crippen LogP contribution in [0.2, 0.25) is 0 Å². The van der Waals surface area contributed by atoms with Crippen molar-refractivity contribution in [2.75, 3.05) is 6.61 Å². The third-order valence-corrected chi connectivity index (χ3v) is 9.40. The molecule has 5 heteroatoms. The lowest BCUT2D eigenvalue weighted by Gasteiger charge is -2.63. The predicted octanol–water partition coefficient (Wildman–Crippen LogP) is 2.34. The van der Waals surface area contributed by atoms with Gasteiger partial charge in [0.15, 0.2) is 0 Å². The summed E-state index contributed by atoms with van der Waals surface area (Å²) in [5, 5.41) is 31.4. The van der Waals surface area contributed by atoms with Crippen LogP contribution in [0.25, 0.3) is 0 Å². The summed E-state index contributed by atoms with van der Waals surface area (Å²) in [4.78, 5) is 11.8. The topological polar surface area (TPSA) is 87.0 Å². The molecule has 5 nitrogen and oxygen atoms in total. The smallest absolute Gasteiger partial charge is 0.307 e. The molecule has 0 radical (unpaired) electrons. The van der Waals surface area contributed by atoms with E-state index in [2.05, 4.69) is 6.92 Å². The molecule has 0 unspecified atom stereocenters. The molecule has 5 fully saturated rings. The average Bonchev–Trinajstić information content (AvgIpc) is 3.03. The van der Waals surface area contributed by atoms with Crippen LogP contribution in [-0.4, -0.2) is 45.2 Å². The van der Waals surface area contributed by atoms with E-state index in [1.165, 1.54) is 0 Å². The Morgan fingerprint density at radius 2 is 1.84 bits per heavy atom. The predicted molar refractivity (Wildman–Crippen MR) is 89.8 cm³/mol. The second kappa shape index (κ2) is 4.79. The summed E-state index contributed by atoms with van der Waals surface area (Å²) in [6, 6.07) is 0. The fourth-order valence-electron chi connectivity index (χ4n) is 8.27. The van der Waals surface area contributed by atoms with Crippen molar-refractivity contribution >= 4 is 5.97 Å². The molecule has 0 amide bonds. The van der Waals surface area contributed by atoms with Gasteiger partial charge in [-0.2, -0.15) is 0 Å². The molecule has 1 saturated heterocycles. The Bertz CT molecular complexity index is 621. The van der Waals surface area contributed by atoms with Gasteiger partial charge in [-0.3, -0.25) is 4.79 Å². The molecule has 1 aliphatic heterocycles. The van der Waals surface area contributed by atoms with E-state index in [-0.39, 0.29) is 28.3 Å². The highest BCUT2D eigenvalue weighted by molar-refractivity contribution is 5.71. The standard InChI is InChI=1S/C20H30O5/c1-17-6-5-15-18-7-4-12(21)10-19(18,24)8-9-20(15,25-11-18)14(17)3-2-13(17)16(22)23/h12-15,21,24H,2-11H2,1H3,(H,22,23)/t12-,13-,14-,15-,17+,18+,19+,20-/m0/s1. The summed E-state index contributed by atoms with van der Waals surface area (Å²) in [6.07, 6.45) is 6.72. The number of carboxylic acid groups (broad SMARTS) is 1. The molecular formula is C20H30O5. The van der Waals surface area contributed by atoms with Crippen LogP contribution in [0.5, 0.6) is 0 Å². The third-order valence-electron chi connectivity index (χ3n) is 9.40. The number of rotatable bonds is 1. The van der Waals surface area contributed by atoms with Crippen LogP contribution in [0.4, 0.5) is 0 Å². The average molecular weight is 350 g/mol. The summed E-state index contributed by atoms with van der Waals surface area (Å²) < 4.78 is 6.60. The zero-order valence-corrected chi connectivity index (χ0v) is 15.0. The van der Waals surface area contributed by atoms with Crippen LogP contribution in [0, 0.1) is 28.6 Å². The number of fused-ring (bicyclic) bond motifs is 1. The van der Waals surface area contributed by atoms with E-state index in [1.807, 2.05) is 0 Å². The van der Waals surface area contributed by atoms with E-state index < -0.39 is 17.7 Å². The number of hydrogen-bond donors (Lipinski definition) is 3. The molecule has 1 spiro atoms. The minimum absolute atomic E-state index is 0.183. The van der Waals surface area contributed by atoms with Crippen LogP contribution in [0.1, 0.15) is 64.7 Å². The molecule has 3 N–H and O–H groups in total. The third kappa shape index (κ3) is 1.73.